The van der Waals surface area contributed by atoms with Crippen LogP contribution in [0.25, 0.3) is 0 Å². The number of allylic oxidation sites excluding steroid dienone is 14. The third kappa shape index (κ3) is 41.6. The van der Waals surface area contributed by atoms with E-state index in [1.807, 2.05) is 12.2 Å². The zero-order valence-corrected chi connectivity index (χ0v) is 35.4. The average molecular weight is 765 g/mol. The predicted molar refractivity (Wildman–Crippen MR) is 233 cm³/mol. The molecule has 0 aliphatic heterocycles. The summed E-state index contributed by atoms with van der Waals surface area (Å²) in [6, 6.07) is 0. The normalized spacial score (nSPS) is 12.9. The van der Waals surface area contributed by atoms with Crippen molar-refractivity contribution >= 4 is 17.9 Å². The third-order valence-corrected chi connectivity index (χ3v) is 8.91. The Morgan fingerprint density at radius 3 is 1.22 bits per heavy atom. The van der Waals surface area contributed by atoms with Crippen molar-refractivity contribution in [3.8, 4) is 0 Å². The Balaban J connectivity index is 4.51. The van der Waals surface area contributed by atoms with Gasteiger partial charge in [0.05, 0.1) is 0 Å². The molecular weight excluding hydrogens is 685 g/mol. The Morgan fingerprint density at radius 2 is 0.745 bits per heavy atom. The molecule has 0 saturated carbocycles. The molecule has 0 saturated heterocycles. The number of unbranched alkanes of at least 4 members (excludes halogenated alkanes) is 13. The molecule has 0 bridgehead atoms. The lowest BCUT2D eigenvalue weighted by Crippen LogP contribution is -2.30. The van der Waals surface area contributed by atoms with Gasteiger partial charge in [-0.1, -0.05) is 176 Å². The molecule has 312 valence electrons. The zero-order valence-electron chi connectivity index (χ0n) is 35.4. The summed E-state index contributed by atoms with van der Waals surface area (Å²) in [6.07, 6.45) is 54.5. The average Bonchev–Trinajstić information content (AvgIpc) is 3.18. The van der Waals surface area contributed by atoms with Crippen molar-refractivity contribution < 1.29 is 28.6 Å². The molecule has 0 aromatic heterocycles. The van der Waals surface area contributed by atoms with Crippen LogP contribution in [0.2, 0.25) is 0 Å². The van der Waals surface area contributed by atoms with Gasteiger partial charge in [-0.3, -0.25) is 14.4 Å². The number of carbonyl (C=O) groups is 3. The van der Waals surface area contributed by atoms with Gasteiger partial charge in [0.2, 0.25) is 0 Å². The molecule has 55 heavy (non-hydrogen) atoms. The largest absolute Gasteiger partial charge is 0.462 e. The summed E-state index contributed by atoms with van der Waals surface area (Å²) >= 11 is 0. The Bertz CT molecular complexity index is 1110. The summed E-state index contributed by atoms with van der Waals surface area (Å²) < 4.78 is 16.6. The Hall–Kier alpha value is -3.41. The Labute approximate surface area is 337 Å². The van der Waals surface area contributed by atoms with E-state index in [2.05, 4.69) is 93.7 Å². The molecular formula is C49H80O6. The van der Waals surface area contributed by atoms with Crippen molar-refractivity contribution in [2.75, 3.05) is 13.2 Å². The number of rotatable bonds is 38. The molecule has 0 fully saturated rings. The predicted octanol–water partition coefficient (Wildman–Crippen LogP) is 14.1. The van der Waals surface area contributed by atoms with Gasteiger partial charge in [-0.2, -0.15) is 0 Å². The second-order valence-corrected chi connectivity index (χ2v) is 14.2. The second-order valence-electron chi connectivity index (χ2n) is 14.2. The summed E-state index contributed by atoms with van der Waals surface area (Å²) in [5.74, 6) is -1.04. The van der Waals surface area contributed by atoms with Crippen LogP contribution in [-0.4, -0.2) is 37.2 Å². The van der Waals surface area contributed by atoms with Crippen LogP contribution in [0.5, 0.6) is 0 Å². The van der Waals surface area contributed by atoms with E-state index >= 15 is 0 Å². The summed E-state index contributed by atoms with van der Waals surface area (Å²) in [7, 11) is 0. The van der Waals surface area contributed by atoms with Crippen molar-refractivity contribution in [2.45, 2.75) is 194 Å². The van der Waals surface area contributed by atoms with E-state index in [1.54, 1.807) is 0 Å². The topological polar surface area (TPSA) is 78.9 Å². The first-order chi connectivity index (χ1) is 27.0. The molecule has 0 aromatic carbocycles. The number of hydrogen-bond acceptors (Lipinski definition) is 6. The van der Waals surface area contributed by atoms with Crippen molar-refractivity contribution in [1.82, 2.24) is 0 Å². The van der Waals surface area contributed by atoms with Crippen LogP contribution in [0.15, 0.2) is 85.1 Å². The highest BCUT2D eigenvalue weighted by Gasteiger charge is 2.19. The third-order valence-electron chi connectivity index (χ3n) is 8.91. The lowest BCUT2D eigenvalue weighted by Gasteiger charge is -2.18. The van der Waals surface area contributed by atoms with Gasteiger partial charge in [-0.25, -0.2) is 0 Å². The van der Waals surface area contributed by atoms with Gasteiger partial charge in [0.25, 0.3) is 0 Å². The van der Waals surface area contributed by atoms with Gasteiger partial charge in [0, 0.05) is 19.3 Å². The first kappa shape index (κ1) is 51.6. The van der Waals surface area contributed by atoms with E-state index in [9.17, 15) is 14.4 Å². The van der Waals surface area contributed by atoms with Gasteiger partial charge in [-0.05, 0) is 77.0 Å². The monoisotopic (exact) mass is 765 g/mol. The fourth-order valence-electron chi connectivity index (χ4n) is 5.64. The number of carbonyl (C=O) groups excluding carboxylic acids is 3. The van der Waals surface area contributed by atoms with Crippen LogP contribution in [-0.2, 0) is 28.6 Å². The minimum Gasteiger partial charge on any atom is -0.462 e. The van der Waals surface area contributed by atoms with E-state index < -0.39 is 6.10 Å². The molecule has 0 amide bonds. The van der Waals surface area contributed by atoms with E-state index in [-0.39, 0.29) is 37.5 Å². The second kappa shape index (κ2) is 43.3. The molecule has 0 heterocycles. The fourth-order valence-corrected chi connectivity index (χ4v) is 5.64. The number of hydrogen-bond donors (Lipinski definition) is 0. The lowest BCUT2D eigenvalue weighted by atomic mass is 10.0. The van der Waals surface area contributed by atoms with E-state index in [0.717, 1.165) is 83.5 Å². The zero-order chi connectivity index (χ0) is 40.1. The molecule has 0 radical (unpaired) electrons. The van der Waals surface area contributed by atoms with Crippen LogP contribution in [0.3, 0.4) is 0 Å². The van der Waals surface area contributed by atoms with Gasteiger partial charge in [0.1, 0.15) is 13.2 Å². The van der Waals surface area contributed by atoms with Crippen LogP contribution < -0.4 is 0 Å². The SMILES string of the molecule is CC/C=C\C/C=C\C/C=C\C/C=C\C/C=C\CCC(=O)OCC(COC(=O)CCCC/C=C\C/C=C\CC)OC(=O)CCCCCCCCCCCCCC. The van der Waals surface area contributed by atoms with Crippen molar-refractivity contribution in [3.05, 3.63) is 85.1 Å². The summed E-state index contributed by atoms with van der Waals surface area (Å²) in [4.78, 5) is 37.6. The van der Waals surface area contributed by atoms with E-state index in [1.165, 1.54) is 57.8 Å². The maximum Gasteiger partial charge on any atom is 0.306 e. The van der Waals surface area contributed by atoms with Crippen LogP contribution in [0, 0.1) is 0 Å². The standard InChI is InChI=1S/C49H80O6/c1-4-7-10-13-16-19-21-23-24-25-26-28-30-33-36-39-42-48(51)54-45-46(44-53-47(50)41-38-35-32-29-18-15-12-9-6-3)55-49(52)43-40-37-34-31-27-22-20-17-14-11-8-5-2/h7,9-10,12,16,18-19,23-24,26,28-29,33,36,46H,4-6,8,11,13-15,17,20-22,25,27,30-32,34-35,37-45H2,1-3H3/b10-7-,12-9-,19-16-,24-23-,28-26-,29-18-,36-33-. The first-order valence-corrected chi connectivity index (χ1v) is 22.1. The summed E-state index contributed by atoms with van der Waals surface area (Å²) in [5, 5.41) is 0. The highest BCUT2D eigenvalue weighted by molar-refractivity contribution is 5.71. The molecule has 6 heteroatoms. The highest BCUT2D eigenvalue weighted by Crippen LogP contribution is 2.13. The molecule has 0 aromatic rings. The van der Waals surface area contributed by atoms with Crippen molar-refractivity contribution in [2.24, 2.45) is 0 Å². The highest BCUT2D eigenvalue weighted by atomic mass is 16.6. The minimum atomic E-state index is -0.814. The van der Waals surface area contributed by atoms with Gasteiger partial charge < -0.3 is 14.2 Å². The van der Waals surface area contributed by atoms with Crippen LogP contribution in [0.4, 0.5) is 0 Å². The lowest BCUT2D eigenvalue weighted by molar-refractivity contribution is -0.166. The smallest absolute Gasteiger partial charge is 0.306 e. The van der Waals surface area contributed by atoms with E-state index in [4.69, 9.17) is 14.2 Å². The maximum absolute atomic E-state index is 12.7. The summed E-state index contributed by atoms with van der Waals surface area (Å²) in [6.45, 7) is 6.27. The number of esters is 3. The minimum absolute atomic E-state index is 0.116. The quantitative estimate of drug-likeness (QED) is 0.0270. The molecule has 0 aliphatic rings. The maximum atomic E-state index is 12.7. The van der Waals surface area contributed by atoms with Gasteiger partial charge >= 0.3 is 17.9 Å². The Morgan fingerprint density at radius 1 is 0.382 bits per heavy atom. The Kier molecular flexibility index (Phi) is 40.6. The molecule has 0 N–H and O–H groups in total. The molecule has 0 rings (SSSR count). The molecule has 0 aliphatic carbocycles. The van der Waals surface area contributed by atoms with Gasteiger partial charge in [-0.15, -0.1) is 0 Å². The fraction of sp³-hybridized carbons (Fsp3) is 0.653. The summed E-state index contributed by atoms with van der Waals surface area (Å²) in [5.41, 5.74) is 0. The molecule has 0 spiro atoms. The van der Waals surface area contributed by atoms with Crippen LogP contribution >= 0.6 is 0 Å². The molecule has 6 nitrogen and oxygen atoms in total. The van der Waals surface area contributed by atoms with Gasteiger partial charge in [0.15, 0.2) is 6.10 Å². The van der Waals surface area contributed by atoms with Crippen molar-refractivity contribution in [1.29, 1.82) is 0 Å². The molecule has 1 unspecified atom stereocenters. The first-order valence-electron chi connectivity index (χ1n) is 22.1. The molecule has 1 atom stereocenters. The van der Waals surface area contributed by atoms with Crippen LogP contribution in [0.1, 0.15) is 188 Å². The van der Waals surface area contributed by atoms with Crippen molar-refractivity contribution in [3.63, 3.8) is 0 Å². The van der Waals surface area contributed by atoms with E-state index in [0.29, 0.717) is 19.3 Å². The number of ether oxygens (including phenoxy) is 3.